The van der Waals surface area contributed by atoms with Crippen molar-refractivity contribution in [2.75, 3.05) is 17.6 Å². The van der Waals surface area contributed by atoms with E-state index in [4.69, 9.17) is 5.73 Å². The second-order valence-electron chi connectivity index (χ2n) is 4.85. The zero-order valence-corrected chi connectivity index (χ0v) is 12.4. The van der Waals surface area contributed by atoms with Crippen LogP contribution >= 0.6 is 0 Å². The van der Waals surface area contributed by atoms with Crippen molar-refractivity contribution in [2.45, 2.75) is 45.4 Å². The van der Waals surface area contributed by atoms with Crippen molar-refractivity contribution >= 4 is 11.9 Å². The quantitative estimate of drug-likeness (QED) is 0.678. The molecule has 0 unspecified atom stereocenters. The van der Waals surface area contributed by atoms with Crippen LogP contribution in [-0.2, 0) is 0 Å². The number of nitrogens with one attached hydrogen (secondary N) is 1. The average Bonchev–Trinajstić information content (AvgIpc) is 3.00. The summed E-state index contributed by atoms with van der Waals surface area (Å²) in [5, 5.41) is 7.15. The molecule has 0 aromatic carbocycles. The molecular weight excluding hydrogens is 268 g/mol. The normalized spacial score (nSPS) is 10.7. The molecule has 0 bridgehead atoms. The highest BCUT2D eigenvalue weighted by atomic mass is 15.4. The molecule has 0 atom stereocenters. The molecule has 8 heteroatoms. The minimum atomic E-state index is 0.168. The first-order chi connectivity index (χ1) is 10.3. The van der Waals surface area contributed by atoms with Crippen LogP contribution in [0, 0.1) is 0 Å². The van der Waals surface area contributed by atoms with Gasteiger partial charge in [-0.3, -0.25) is 0 Å². The summed E-state index contributed by atoms with van der Waals surface area (Å²) >= 11 is 0. The summed E-state index contributed by atoms with van der Waals surface area (Å²) in [6.45, 7) is 3.05. The van der Waals surface area contributed by atoms with Crippen molar-refractivity contribution in [1.82, 2.24) is 29.7 Å². The lowest BCUT2D eigenvalue weighted by molar-refractivity contribution is 0.616. The van der Waals surface area contributed by atoms with E-state index < -0.39 is 0 Å². The first kappa shape index (κ1) is 15.1. The zero-order chi connectivity index (χ0) is 14.9. The van der Waals surface area contributed by atoms with E-state index in [1.807, 2.05) is 0 Å². The predicted molar refractivity (Wildman–Crippen MR) is 81.0 cm³/mol. The second kappa shape index (κ2) is 8.13. The van der Waals surface area contributed by atoms with Gasteiger partial charge in [0.25, 0.3) is 5.95 Å². The fourth-order valence-electron chi connectivity index (χ4n) is 1.98. The van der Waals surface area contributed by atoms with E-state index >= 15 is 0 Å². The van der Waals surface area contributed by atoms with Crippen LogP contribution in [0.4, 0.5) is 11.9 Å². The van der Waals surface area contributed by atoms with Gasteiger partial charge in [-0.2, -0.15) is 24.7 Å². The lowest BCUT2D eigenvalue weighted by atomic mass is 10.1. The van der Waals surface area contributed by atoms with Crippen LogP contribution in [0.5, 0.6) is 0 Å². The Hall–Kier alpha value is -2.25. The molecule has 0 aliphatic heterocycles. The number of unbranched alkanes of at least 4 members (excludes halogenated alkanes) is 5. The SMILES string of the molecule is CCCCCCCCNc1nc(N)nc(-n2cncn2)n1. The summed E-state index contributed by atoms with van der Waals surface area (Å²) in [6.07, 6.45) is 10.4. The van der Waals surface area contributed by atoms with Crippen LogP contribution < -0.4 is 11.1 Å². The fraction of sp³-hybridized carbons (Fsp3) is 0.615. The van der Waals surface area contributed by atoms with Crippen molar-refractivity contribution in [3.8, 4) is 5.95 Å². The van der Waals surface area contributed by atoms with E-state index in [1.165, 1.54) is 49.4 Å². The van der Waals surface area contributed by atoms with Gasteiger partial charge in [0.1, 0.15) is 12.7 Å². The van der Waals surface area contributed by atoms with Crippen molar-refractivity contribution in [3.05, 3.63) is 12.7 Å². The molecule has 0 amide bonds. The van der Waals surface area contributed by atoms with Crippen LogP contribution in [0.3, 0.4) is 0 Å². The Kier molecular flexibility index (Phi) is 5.86. The Balaban J connectivity index is 1.81. The highest BCUT2D eigenvalue weighted by Gasteiger charge is 2.06. The van der Waals surface area contributed by atoms with Gasteiger partial charge >= 0.3 is 0 Å². The standard InChI is InChI=1S/C13H22N8/c1-2-3-4-5-6-7-8-16-12-18-11(14)19-13(20-12)21-10-15-9-17-21/h9-10H,2-8H2,1H3,(H3,14,16,18,19,20). The minimum Gasteiger partial charge on any atom is -0.368 e. The Labute approximate surface area is 124 Å². The Morgan fingerprint density at radius 1 is 1.10 bits per heavy atom. The van der Waals surface area contributed by atoms with Gasteiger partial charge in [-0.15, -0.1) is 0 Å². The Bertz CT molecular complexity index is 525. The van der Waals surface area contributed by atoms with Crippen molar-refractivity contribution in [1.29, 1.82) is 0 Å². The van der Waals surface area contributed by atoms with Crippen LogP contribution in [0.1, 0.15) is 45.4 Å². The molecule has 21 heavy (non-hydrogen) atoms. The molecule has 2 heterocycles. The van der Waals surface area contributed by atoms with E-state index in [0.29, 0.717) is 11.9 Å². The molecule has 0 saturated heterocycles. The van der Waals surface area contributed by atoms with Gasteiger partial charge in [0.2, 0.25) is 11.9 Å². The maximum Gasteiger partial charge on any atom is 0.258 e. The van der Waals surface area contributed by atoms with E-state index in [-0.39, 0.29) is 5.95 Å². The van der Waals surface area contributed by atoms with Gasteiger partial charge < -0.3 is 11.1 Å². The van der Waals surface area contributed by atoms with Gasteiger partial charge in [-0.05, 0) is 6.42 Å². The molecular formula is C13H22N8. The summed E-state index contributed by atoms with van der Waals surface area (Å²) in [6, 6.07) is 0. The molecule has 8 nitrogen and oxygen atoms in total. The van der Waals surface area contributed by atoms with E-state index in [1.54, 1.807) is 0 Å². The maximum atomic E-state index is 5.69. The maximum absolute atomic E-state index is 5.69. The van der Waals surface area contributed by atoms with Crippen molar-refractivity contribution < 1.29 is 0 Å². The second-order valence-corrected chi connectivity index (χ2v) is 4.85. The highest BCUT2D eigenvalue weighted by Crippen LogP contribution is 2.08. The summed E-state index contributed by atoms with van der Waals surface area (Å²) in [5.41, 5.74) is 5.69. The van der Waals surface area contributed by atoms with E-state index in [2.05, 4.69) is 37.3 Å². The number of anilines is 2. The predicted octanol–water partition coefficient (Wildman–Crippen LogP) is 1.81. The van der Waals surface area contributed by atoms with Gasteiger partial charge in [-0.1, -0.05) is 39.0 Å². The number of hydrogen-bond acceptors (Lipinski definition) is 7. The lowest BCUT2D eigenvalue weighted by Gasteiger charge is -2.06. The summed E-state index contributed by atoms with van der Waals surface area (Å²) in [5.74, 6) is 1.01. The lowest BCUT2D eigenvalue weighted by Crippen LogP contribution is -2.12. The molecule has 0 radical (unpaired) electrons. The molecule has 2 aromatic rings. The third kappa shape index (κ3) is 4.97. The van der Waals surface area contributed by atoms with Gasteiger partial charge in [0, 0.05) is 6.54 Å². The molecule has 0 saturated carbocycles. The third-order valence-corrected chi connectivity index (χ3v) is 3.08. The van der Waals surface area contributed by atoms with Crippen molar-refractivity contribution in [3.63, 3.8) is 0 Å². The van der Waals surface area contributed by atoms with Crippen molar-refractivity contribution in [2.24, 2.45) is 0 Å². The summed E-state index contributed by atoms with van der Waals surface area (Å²) < 4.78 is 1.45. The monoisotopic (exact) mass is 290 g/mol. The Morgan fingerprint density at radius 2 is 1.90 bits per heavy atom. The number of rotatable bonds is 9. The molecule has 3 N–H and O–H groups in total. The largest absolute Gasteiger partial charge is 0.368 e. The molecule has 0 aliphatic rings. The number of hydrogen-bond donors (Lipinski definition) is 2. The Morgan fingerprint density at radius 3 is 2.67 bits per heavy atom. The smallest absolute Gasteiger partial charge is 0.258 e. The van der Waals surface area contributed by atoms with E-state index in [9.17, 15) is 0 Å². The molecule has 0 aliphatic carbocycles. The van der Waals surface area contributed by atoms with Gasteiger partial charge in [0.15, 0.2) is 0 Å². The van der Waals surface area contributed by atoms with Gasteiger partial charge in [0.05, 0.1) is 0 Å². The zero-order valence-electron chi connectivity index (χ0n) is 12.4. The van der Waals surface area contributed by atoms with E-state index in [0.717, 1.165) is 13.0 Å². The van der Waals surface area contributed by atoms with Crippen LogP contribution in [0.25, 0.3) is 5.95 Å². The molecule has 0 fully saturated rings. The molecule has 114 valence electrons. The highest BCUT2D eigenvalue weighted by molar-refractivity contribution is 5.34. The number of nitrogen functional groups attached to an aromatic ring is 1. The van der Waals surface area contributed by atoms with Crippen LogP contribution in [0.2, 0.25) is 0 Å². The number of nitrogens with zero attached hydrogens (tertiary/aromatic N) is 6. The van der Waals surface area contributed by atoms with Gasteiger partial charge in [-0.25, -0.2) is 4.98 Å². The van der Waals surface area contributed by atoms with Crippen LogP contribution in [0.15, 0.2) is 12.7 Å². The number of nitrogens with two attached hydrogens (primary N) is 1. The number of aromatic nitrogens is 6. The van der Waals surface area contributed by atoms with Crippen LogP contribution in [-0.4, -0.2) is 36.3 Å². The minimum absolute atomic E-state index is 0.168. The topological polar surface area (TPSA) is 107 Å². The fourth-order valence-corrected chi connectivity index (χ4v) is 1.98. The first-order valence-corrected chi connectivity index (χ1v) is 7.40. The summed E-state index contributed by atoms with van der Waals surface area (Å²) in [7, 11) is 0. The molecule has 0 spiro atoms. The average molecular weight is 290 g/mol. The first-order valence-electron chi connectivity index (χ1n) is 7.40. The molecule has 2 aromatic heterocycles. The summed E-state index contributed by atoms with van der Waals surface area (Å²) in [4.78, 5) is 16.2. The third-order valence-electron chi connectivity index (χ3n) is 3.08. The molecule has 2 rings (SSSR count).